The van der Waals surface area contributed by atoms with Crippen LogP contribution in [0.25, 0.3) is 21.6 Å². The van der Waals surface area contributed by atoms with E-state index in [0.29, 0.717) is 0 Å². The zero-order valence-corrected chi connectivity index (χ0v) is 15.5. The number of nitrogens with two attached hydrogens (primary N) is 1. The lowest BCUT2D eigenvalue weighted by Crippen LogP contribution is -2.39. The molecule has 28 heavy (non-hydrogen) atoms. The molecule has 13 nitrogen and oxygen atoms in total. The van der Waals surface area contributed by atoms with E-state index in [1.165, 1.54) is 24.7 Å². The van der Waals surface area contributed by atoms with Crippen LogP contribution in [0.3, 0.4) is 0 Å². The van der Waals surface area contributed by atoms with Crippen molar-refractivity contribution in [3.05, 3.63) is 22.1 Å². The number of carbonyl (C=O) groups excluding carboxylic acids is 2. The molecular weight excluding hydrogens is 396 g/mol. The number of fused-ring (bicyclic) bond motifs is 1. The molecule has 3 rings (SSSR count). The molecule has 0 aliphatic carbocycles. The van der Waals surface area contributed by atoms with Crippen molar-refractivity contribution in [3.8, 4) is 0 Å². The van der Waals surface area contributed by atoms with Gasteiger partial charge in [0.2, 0.25) is 5.28 Å². The third kappa shape index (κ3) is 3.76. The fourth-order valence-electron chi connectivity index (χ4n) is 2.94. The van der Waals surface area contributed by atoms with Gasteiger partial charge in [-0.25, -0.2) is 4.98 Å². The van der Waals surface area contributed by atoms with Gasteiger partial charge in [0.15, 0.2) is 29.9 Å². The standard InChI is InChI=1S/C14H15ClN8O5/c1-5(24)26-9-7(3-19-22-17)28-13(10(9)27-6(2)25)23-4-18-8-11(16)20-14(15)21-12(8)23/h4,7,9-10,13H,3H2,1-2H3,(H2,16,20,21)/t7-,9-,10-,13-/m1/s1. The highest BCUT2D eigenvalue weighted by molar-refractivity contribution is 6.28. The maximum atomic E-state index is 11.6. The van der Waals surface area contributed by atoms with Crippen LogP contribution < -0.4 is 5.73 Å². The van der Waals surface area contributed by atoms with E-state index in [1.54, 1.807) is 0 Å². The van der Waals surface area contributed by atoms with Crippen molar-refractivity contribution in [3.63, 3.8) is 0 Å². The summed E-state index contributed by atoms with van der Waals surface area (Å²) in [5, 5.41) is 3.35. The van der Waals surface area contributed by atoms with Crippen LogP contribution in [0.2, 0.25) is 5.28 Å². The molecular formula is C14H15ClN8O5. The fraction of sp³-hybridized carbons (Fsp3) is 0.500. The Labute approximate surface area is 162 Å². The molecule has 1 aliphatic rings. The Hall–Kier alpha value is -3.15. The number of anilines is 1. The topological polar surface area (TPSA) is 180 Å². The number of nitrogen functional groups attached to an aromatic ring is 1. The molecule has 0 aromatic carbocycles. The van der Waals surface area contributed by atoms with Gasteiger partial charge >= 0.3 is 11.9 Å². The van der Waals surface area contributed by atoms with E-state index < -0.39 is 36.5 Å². The second-order valence-electron chi connectivity index (χ2n) is 5.83. The number of esters is 2. The summed E-state index contributed by atoms with van der Waals surface area (Å²) in [7, 11) is 0. The maximum Gasteiger partial charge on any atom is 0.303 e. The van der Waals surface area contributed by atoms with Crippen molar-refractivity contribution >= 4 is 40.5 Å². The van der Waals surface area contributed by atoms with Crippen molar-refractivity contribution in [2.24, 2.45) is 5.11 Å². The molecule has 0 radical (unpaired) electrons. The van der Waals surface area contributed by atoms with E-state index in [9.17, 15) is 9.59 Å². The van der Waals surface area contributed by atoms with Crippen LogP contribution >= 0.6 is 11.6 Å². The van der Waals surface area contributed by atoms with Crippen molar-refractivity contribution in [2.45, 2.75) is 38.4 Å². The lowest BCUT2D eigenvalue weighted by molar-refractivity contribution is -0.165. The molecule has 1 saturated heterocycles. The second kappa shape index (κ2) is 7.84. The van der Waals surface area contributed by atoms with Gasteiger partial charge in [0.1, 0.15) is 11.6 Å². The van der Waals surface area contributed by atoms with Crippen molar-refractivity contribution in [1.29, 1.82) is 0 Å². The average Bonchev–Trinajstić information content (AvgIpc) is 3.15. The van der Waals surface area contributed by atoms with Gasteiger partial charge in [-0.05, 0) is 17.1 Å². The van der Waals surface area contributed by atoms with Crippen LogP contribution in [0.5, 0.6) is 0 Å². The highest BCUT2D eigenvalue weighted by Crippen LogP contribution is 2.36. The Morgan fingerprint density at radius 1 is 1.36 bits per heavy atom. The molecule has 2 aromatic heterocycles. The van der Waals surface area contributed by atoms with Gasteiger partial charge in [-0.15, -0.1) is 0 Å². The Morgan fingerprint density at radius 3 is 2.68 bits per heavy atom. The number of ether oxygens (including phenoxy) is 3. The highest BCUT2D eigenvalue weighted by Gasteiger charge is 2.50. The number of nitrogens with zero attached hydrogens (tertiary/aromatic N) is 7. The van der Waals surface area contributed by atoms with Crippen molar-refractivity contribution in [2.75, 3.05) is 12.3 Å². The molecule has 2 N–H and O–H groups in total. The SMILES string of the molecule is CC(=O)O[C@@H]1[C@H](OC(C)=O)[C@@H](CN=[N+]=[N-])O[C@H]1n1cnc2c(N)nc(Cl)nc21. The quantitative estimate of drug-likeness (QED) is 0.248. The molecule has 0 amide bonds. The average molecular weight is 411 g/mol. The van der Waals surface area contributed by atoms with E-state index in [0.717, 1.165) is 0 Å². The Balaban J connectivity index is 2.08. The van der Waals surface area contributed by atoms with Crippen molar-refractivity contribution < 1.29 is 23.8 Å². The third-order valence-corrected chi connectivity index (χ3v) is 4.08. The van der Waals surface area contributed by atoms with Crippen LogP contribution in [0.4, 0.5) is 5.82 Å². The summed E-state index contributed by atoms with van der Waals surface area (Å²) < 4.78 is 17.9. The number of hydrogen-bond acceptors (Lipinski definition) is 10. The first-order chi connectivity index (χ1) is 13.3. The minimum Gasteiger partial charge on any atom is -0.456 e. The molecule has 0 saturated carbocycles. The minimum atomic E-state index is -1.06. The number of imidazole rings is 1. The lowest BCUT2D eigenvalue weighted by Gasteiger charge is -2.23. The molecule has 0 unspecified atom stereocenters. The van der Waals surface area contributed by atoms with E-state index in [2.05, 4.69) is 25.0 Å². The van der Waals surface area contributed by atoms with Crippen molar-refractivity contribution in [1.82, 2.24) is 19.5 Å². The Bertz CT molecular complexity index is 974. The minimum absolute atomic E-state index is 0.0537. The summed E-state index contributed by atoms with van der Waals surface area (Å²) in [5.74, 6) is -1.20. The van der Waals surface area contributed by atoms with Gasteiger partial charge in [0.05, 0.1) is 12.9 Å². The van der Waals surface area contributed by atoms with Crippen LogP contribution in [0, 0.1) is 0 Å². The predicted octanol–water partition coefficient (Wildman–Crippen LogP) is 1.13. The molecule has 1 fully saturated rings. The third-order valence-electron chi connectivity index (χ3n) is 3.91. The van der Waals surface area contributed by atoms with Crippen LogP contribution in [0.15, 0.2) is 11.4 Å². The normalized spacial score (nSPS) is 24.0. The first-order valence-electron chi connectivity index (χ1n) is 7.98. The number of carbonyl (C=O) groups is 2. The van der Waals surface area contributed by atoms with Gasteiger partial charge in [-0.3, -0.25) is 14.2 Å². The number of rotatable bonds is 5. The molecule has 148 valence electrons. The zero-order valence-electron chi connectivity index (χ0n) is 14.7. The summed E-state index contributed by atoms with van der Waals surface area (Å²) >= 11 is 5.88. The van der Waals surface area contributed by atoms with Gasteiger partial charge in [0.25, 0.3) is 0 Å². The van der Waals surface area contributed by atoms with E-state index in [4.69, 9.17) is 37.1 Å². The molecule has 0 bridgehead atoms. The van der Waals surface area contributed by atoms with E-state index in [-0.39, 0.29) is 28.8 Å². The number of aromatic nitrogens is 4. The van der Waals surface area contributed by atoms with Crippen LogP contribution in [0.1, 0.15) is 20.1 Å². The first-order valence-corrected chi connectivity index (χ1v) is 8.36. The fourth-order valence-corrected chi connectivity index (χ4v) is 3.12. The number of azide groups is 1. The van der Waals surface area contributed by atoms with E-state index in [1.807, 2.05) is 0 Å². The largest absolute Gasteiger partial charge is 0.456 e. The van der Waals surface area contributed by atoms with Gasteiger partial charge < -0.3 is 19.9 Å². The molecule has 3 heterocycles. The van der Waals surface area contributed by atoms with E-state index >= 15 is 0 Å². The molecule has 4 atom stereocenters. The number of hydrogen-bond donors (Lipinski definition) is 1. The second-order valence-corrected chi connectivity index (χ2v) is 6.17. The zero-order chi connectivity index (χ0) is 20.4. The van der Waals surface area contributed by atoms with Gasteiger partial charge in [-0.1, -0.05) is 5.11 Å². The highest BCUT2D eigenvalue weighted by atomic mass is 35.5. The molecule has 0 spiro atoms. The monoisotopic (exact) mass is 410 g/mol. The van der Waals surface area contributed by atoms with Gasteiger partial charge in [-0.2, -0.15) is 9.97 Å². The van der Waals surface area contributed by atoms with Gasteiger partial charge in [0, 0.05) is 18.8 Å². The molecule has 2 aromatic rings. The summed E-state index contributed by atoms with van der Waals surface area (Å²) in [4.78, 5) is 37.9. The predicted molar refractivity (Wildman–Crippen MR) is 93.8 cm³/mol. The summed E-state index contributed by atoms with van der Waals surface area (Å²) in [5.41, 5.74) is 14.9. The van der Waals surface area contributed by atoms with Crippen LogP contribution in [-0.2, 0) is 23.8 Å². The summed E-state index contributed by atoms with van der Waals surface area (Å²) in [6.45, 7) is 2.24. The Morgan fingerprint density at radius 2 is 2.04 bits per heavy atom. The smallest absolute Gasteiger partial charge is 0.303 e. The first kappa shape index (κ1) is 19.6. The maximum absolute atomic E-state index is 11.6. The lowest BCUT2D eigenvalue weighted by atomic mass is 10.1. The molecule has 14 heteroatoms. The Kier molecular flexibility index (Phi) is 5.49. The molecule has 1 aliphatic heterocycles. The number of halogens is 1. The van der Waals surface area contributed by atoms with Crippen LogP contribution in [-0.4, -0.2) is 56.3 Å². The summed E-state index contributed by atoms with van der Waals surface area (Å²) in [6, 6.07) is 0. The summed E-state index contributed by atoms with van der Waals surface area (Å²) in [6.07, 6.45) is -2.60.